The number of nitrogens with zero attached hydrogens (tertiary/aromatic N) is 1. The lowest BCUT2D eigenvalue weighted by molar-refractivity contribution is 0.262. The molecule has 0 atom stereocenters. The molecular weight excluding hydrogens is 315 g/mol. The molecule has 0 spiro atoms. The van der Waals surface area contributed by atoms with Crippen LogP contribution >= 0.6 is 28.1 Å². The summed E-state index contributed by atoms with van der Waals surface area (Å²) < 4.78 is 13.9. The zero-order valence-electron chi connectivity index (χ0n) is 10.0. The fraction of sp³-hybridized carbons (Fsp3) is 0.462. The van der Waals surface area contributed by atoms with Crippen molar-refractivity contribution < 1.29 is 4.39 Å². The van der Waals surface area contributed by atoms with E-state index in [9.17, 15) is 4.39 Å². The van der Waals surface area contributed by atoms with Gasteiger partial charge in [0.25, 0.3) is 0 Å². The Bertz CT molecular complexity index is 449. The van der Waals surface area contributed by atoms with Crippen LogP contribution in [0.25, 0.3) is 0 Å². The molecule has 98 valence electrons. The molecule has 0 bridgehead atoms. The van der Waals surface area contributed by atoms with Crippen LogP contribution in [-0.2, 0) is 6.54 Å². The summed E-state index contributed by atoms with van der Waals surface area (Å²) in [5, 5.41) is 0. The molecule has 1 aliphatic carbocycles. The summed E-state index contributed by atoms with van der Waals surface area (Å²) in [5.74, 6) is -0.216. The predicted molar refractivity (Wildman–Crippen MR) is 78.9 cm³/mol. The second-order valence-corrected chi connectivity index (χ2v) is 6.03. The second-order valence-electron chi connectivity index (χ2n) is 4.65. The highest BCUT2D eigenvalue weighted by Gasteiger charge is 2.28. The minimum absolute atomic E-state index is 0.216. The van der Waals surface area contributed by atoms with E-state index < -0.39 is 0 Å². The highest BCUT2D eigenvalue weighted by atomic mass is 79.9. The SMILES string of the molecule is NC(=S)CCN(Cc1ccc(F)cc1Br)C1CC1. The summed E-state index contributed by atoms with van der Waals surface area (Å²) >= 11 is 8.33. The highest BCUT2D eigenvalue weighted by Crippen LogP contribution is 2.30. The van der Waals surface area contributed by atoms with E-state index >= 15 is 0 Å². The van der Waals surface area contributed by atoms with Crippen molar-refractivity contribution in [3.8, 4) is 0 Å². The van der Waals surface area contributed by atoms with Crippen molar-refractivity contribution in [1.29, 1.82) is 0 Å². The van der Waals surface area contributed by atoms with Crippen LogP contribution in [0.2, 0.25) is 0 Å². The molecule has 1 aromatic rings. The molecule has 0 amide bonds. The number of benzene rings is 1. The van der Waals surface area contributed by atoms with Gasteiger partial charge in [0.05, 0.1) is 4.99 Å². The van der Waals surface area contributed by atoms with Crippen molar-refractivity contribution in [1.82, 2.24) is 4.90 Å². The molecule has 2 nitrogen and oxygen atoms in total. The lowest BCUT2D eigenvalue weighted by Gasteiger charge is -2.22. The van der Waals surface area contributed by atoms with Crippen LogP contribution in [0.3, 0.4) is 0 Å². The molecule has 1 aromatic carbocycles. The van der Waals surface area contributed by atoms with Crippen LogP contribution in [0.5, 0.6) is 0 Å². The average molecular weight is 331 g/mol. The first-order chi connectivity index (χ1) is 8.56. The maximum atomic E-state index is 13.0. The average Bonchev–Trinajstić information content (AvgIpc) is 3.10. The van der Waals surface area contributed by atoms with Crippen LogP contribution < -0.4 is 5.73 Å². The van der Waals surface area contributed by atoms with Crippen LogP contribution in [0.15, 0.2) is 22.7 Å². The van der Waals surface area contributed by atoms with Gasteiger partial charge in [0.1, 0.15) is 5.82 Å². The summed E-state index contributed by atoms with van der Waals surface area (Å²) in [7, 11) is 0. The van der Waals surface area contributed by atoms with Crippen LogP contribution in [0.4, 0.5) is 4.39 Å². The Kier molecular flexibility index (Phi) is 4.70. The number of hydrogen-bond acceptors (Lipinski definition) is 2. The van der Waals surface area contributed by atoms with Crippen LogP contribution in [0, 0.1) is 5.82 Å². The third kappa shape index (κ3) is 4.00. The molecule has 0 unspecified atom stereocenters. The Morgan fingerprint density at radius 3 is 2.78 bits per heavy atom. The largest absolute Gasteiger partial charge is 0.393 e. The second kappa shape index (κ2) is 6.08. The van der Waals surface area contributed by atoms with E-state index in [0.29, 0.717) is 11.0 Å². The smallest absolute Gasteiger partial charge is 0.124 e. The number of rotatable bonds is 6. The highest BCUT2D eigenvalue weighted by molar-refractivity contribution is 9.10. The standard InChI is InChI=1S/C13H16BrFN2S/c14-12-7-10(15)2-1-9(12)8-17(11-3-4-11)6-5-13(16)18/h1-2,7,11H,3-6,8H2,(H2,16,18). The van der Waals surface area contributed by atoms with Gasteiger partial charge >= 0.3 is 0 Å². The third-order valence-electron chi connectivity index (χ3n) is 3.10. The number of hydrogen-bond donors (Lipinski definition) is 1. The molecule has 2 N–H and O–H groups in total. The first-order valence-corrected chi connectivity index (χ1v) is 7.22. The van der Waals surface area contributed by atoms with Crippen LogP contribution in [-0.4, -0.2) is 22.5 Å². The van der Waals surface area contributed by atoms with Gasteiger partial charge in [0.15, 0.2) is 0 Å². The van der Waals surface area contributed by atoms with Gasteiger partial charge in [-0.15, -0.1) is 0 Å². The molecule has 0 aromatic heterocycles. The van der Waals surface area contributed by atoms with Gasteiger partial charge in [-0.2, -0.15) is 0 Å². The number of thiocarbonyl (C=S) groups is 1. The van der Waals surface area contributed by atoms with Crippen molar-refractivity contribution in [3.05, 3.63) is 34.1 Å². The maximum Gasteiger partial charge on any atom is 0.124 e. The fourth-order valence-corrected chi connectivity index (χ4v) is 2.52. The fourth-order valence-electron chi connectivity index (χ4n) is 1.95. The number of nitrogens with two attached hydrogens (primary N) is 1. The van der Waals surface area contributed by atoms with Gasteiger partial charge in [-0.3, -0.25) is 4.90 Å². The van der Waals surface area contributed by atoms with E-state index in [2.05, 4.69) is 20.8 Å². The molecular formula is C13H16BrFN2S. The monoisotopic (exact) mass is 330 g/mol. The van der Waals surface area contributed by atoms with E-state index in [-0.39, 0.29) is 5.82 Å². The van der Waals surface area contributed by atoms with Crippen LogP contribution in [0.1, 0.15) is 24.8 Å². The van der Waals surface area contributed by atoms with E-state index in [1.165, 1.54) is 25.0 Å². The normalized spacial score (nSPS) is 15.1. The summed E-state index contributed by atoms with van der Waals surface area (Å²) in [6.07, 6.45) is 3.21. The van der Waals surface area contributed by atoms with Gasteiger partial charge in [-0.25, -0.2) is 4.39 Å². The van der Waals surface area contributed by atoms with Crippen molar-refractivity contribution in [2.45, 2.75) is 31.8 Å². The molecule has 0 radical (unpaired) electrons. The molecule has 1 aliphatic rings. The maximum absolute atomic E-state index is 13.0. The quantitative estimate of drug-likeness (QED) is 0.812. The Hall–Kier alpha value is -0.520. The lowest BCUT2D eigenvalue weighted by atomic mass is 10.2. The van der Waals surface area contributed by atoms with Gasteiger partial charge in [0.2, 0.25) is 0 Å². The zero-order chi connectivity index (χ0) is 13.1. The summed E-state index contributed by atoms with van der Waals surface area (Å²) in [4.78, 5) is 2.93. The van der Waals surface area contributed by atoms with Gasteiger partial charge in [0, 0.05) is 30.0 Å². The minimum atomic E-state index is -0.216. The lowest BCUT2D eigenvalue weighted by Crippen LogP contribution is -2.29. The Balaban J connectivity index is 2.01. The Morgan fingerprint density at radius 2 is 2.22 bits per heavy atom. The number of halogens is 2. The minimum Gasteiger partial charge on any atom is -0.393 e. The molecule has 1 fully saturated rings. The summed E-state index contributed by atoms with van der Waals surface area (Å²) in [6.45, 7) is 1.69. The Morgan fingerprint density at radius 1 is 1.50 bits per heavy atom. The first-order valence-electron chi connectivity index (χ1n) is 6.02. The molecule has 5 heteroatoms. The molecule has 0 heterocycles. The Labute approximate surface area is 120 Å². The molecule has 0 saturated heterocycles. The van der Waals surface area contributed by atoms with Gasteiger partial charge in [-0.1, -0.05) is 34.2 Å². The van der Waals surface area contributed by atoms with Gasteiger partial charge in [-0.05, 0) is 30.5 Å². The van der Waals surface area contributed by atoms with Crippen molar-refractivity contribution in [2.75, 3.05) is 6.54 Å². The zero-order valence-corrected chi connectivity index (χ0v) is 12.4. The van der Waals surface area contributed by atoms with Crippen molar-refractivity contribution >= 4 is 33.1 Å². The van der Waals surface area contributed by atoms with E-state index in [1.807, 2.05) is 6.07 Å². The molecule has 2 rings (SSSR count). The van der Waals surface area contributed by atoms with Crippen molar-refractivity contribution in [3.63, 3.8) is 0 Å². The summed E-state index contributed by atoms with van der Waals surface area (Å²) in [6, 6.07) is 5.47. The van der Waals surface area contributed by atoms with E-state index in [0.717, 1.165) is 29.5 Å². The first kappa shape index (κ1) is 13.9. The van der Waals surface area contributed by atoms with E-state index in [4.69, 9.17) is 18.0 Å². The van der Waals surface area contributed by atoms with Gasteiger partial charge < -0.3 is 5.73 Å². The topological polar surface area (TPSA) is 29.3 Å². The molecule has 0 aliphatic heterocycles. The molecule has 1 saturated carbocycles. The third-order valence-corrected chi connectivity index (χ3v) is 4.04. The predicted octanol–water partition coefficient (Wildman–Crippen LogP) is 3.23. The molecule has 18 heavy (non-hydrogen) atoms. The summed E-state index contributed by atoms with van der Waals surface area (Å²) in [5.41, 5.74) is 6.65. The van der Waals surface area contributed by atoms with E-state index in [1.54, 1.807) is 0 Å². The van der Waals surface area contributed by atoms with Crippen molar-refractivity contribution in [2.24, 2.45) is 5.73 Å².